The van der Waals surface area contributed by atoms with Crippen LogP contribution in [0.25, 0.3) is 0 Å². The molecule has 0 unspecified atom stereocenters. The molecule has 142 valence electrons. The summed E-state index contributed by atoms with van der Waals surface area (Å²) in [5, 5.41) is 0.509. The SMILES string of the molecule is CN(CC(=O)N1CCN(c2ccccc2Cl)C(=O)C1)Cc1ccccc1F. The number of hydrogen-bond donors (Lipinski definition) is 0. The number of amides is 2. The van der Waals surface area contributed by atoms with Crippen LogP contribution in [0, 0.1) is 5.82 Å². The number of halogens is 2. The van der Waals surface area contributed by atoms with Gasteiger partial charge in [-0.05, 0) is 25.2 Å². The van der Waals surface area contributed by atoms with E-state index in [9.17, 15) is 14.0 Å². The minimum atomic E-state index is -0.291. The highest BCUT2D eigenvalue weighted by molar-refractivity contribution is 6.33. The zero-order valence-corrected chi connectivity index (χ0v) is 15.8. The lowest BCUT2D eigenvalue weighted by Gasteiger charge is -2.35. The van der Waals surface area contributed by atoms with Gasteiger partial charge in [0.2, 0.25) is 11.8 Å². The zero-order chi connectivity index (χ0) is 19.4. The Morgan fingerprint density at radius 3 is 2.56 bits per heavy atom. The fraction of sp³-hybridized carbons (Fsp3) is 0.300. The van der Waals surface area contributed by atoms with Gasteiger partial charge >= 0.3 is 0 Å². The van der Waals surface area contributed by atoms with Crippen LogP contribution >= 0.6 is 11.6 Å². The molecular weight excluding hydrogens is 369 g/mol. The van der Waals surface area contributed by atoms with Crippen LogP contribution in [0.4, 0.5) is 10.1 Å². The molecule has 27 heavy (non-hydrogen) atoms. The first-order valence-electron chi connectivity index (χ1n) is 8.70. The smallest absolute Gasteiger partial charge is 0.246 e. The van der Waals surface area contributed by atoms with Crippen LogP contribution in [0.3, 0.4) is 0 Å². The van der Waals surface area contributed by atoms with Crippen molar-refractivity contribution in [3.8, 4) is 0 Å². The average molecular weight is 390 g/mol. The van der Waals surface area contributed by atoms with Crippen LogP contribution in [-0.4, -0.2) is 54.8 Å². The zero-order valence-electron chi connectivity index (χ0n) is 15.1. The third kappa shape index (κ3) is 4.64. The summed E-state index contributed by atoms with van der Waals surface area (Å²) in [7, 11) is 1.76. The molecule has 0 bridgehead atoms. The molecule has 0 radical (unpaired) electrons. The quantitative estimate of drug-likeness (QED) is 0.789. The van der Waals surface area contributed by atoms with Gasteiger partial charge in [-0.2, -0.15) is 0 Å². The Bertz CT molecular complexity index is 845. The van der Waals surface area contributed by atoms with Crippen LogP contribution in [0.15, 0.2) is 48.5 Å². The molecule has 0 N–H and O–H groups in total. The first-order chi connectivity index (χ1) is 13.0. The molecule has 1 aliphatic heterocycles. The Hall–Kier alpha value is -2.44. The maximum Gasteiger partial charge on any atom is 0.246 e. The molecule has 1 saturated heterocycles. The Morgan fingerprint density at radius 1 is 1.15 bits per heavy atom. The van der Waals surface area contributed by atoms with Crippen molar-refractivity contribution in [3.63, 3.8) is 0 Å². The second-order valence-electron chi connectivity index (χ2n) is 6.58. The number of nitrogens with zero attached hydrogens (tertiary/aromatic N) is 3. The van der Waals surface area contributed by atoms with Gasteiger partial charge in [-0.1, -0.05) is 41.9 Å². The first kappa shape index (κ1) is 19.3. The van der Waals surface area contributed by atoms with Crippen LogP contribution in [-0.2, 0) is 16.1 Å². The topological polar surface area (TPSA) is 43.9 Å². The van der Waals surface area contributed by atoms with E-state index in [1.54, 1.807) is 47.2 Å². The van der Waals surface area contributed by atoms with Crippen molar-refractivity contribution in [2.75, 3.05) is 38.1 Å². The first-order valence-corrected chi connectivity index (χ1v) is 9.08. The summed E-state index contributed by atoms with van der Waals surface area (Å²) in [5.41, 5.74) is 1.19. The fourth-order valence-corrected chi connectivity index (χ4v) is 3.35. The van der Waals surface area contributed by atoms with Gasteiger partial charge in [0.25, 0.3) is 0 Å². The number of carbonyl (C=O) groups is 2. The lowest BCUT2D eigenvalue weighted by atomic mass is 10.2. The molecule has 5 nitrogen and oxygen atoms in total. The second-order valence-corrected chi connectivity index (χ2v) is 6.98. The predicted molar refractivity (Wildman–Crippen MR) is 103 cm³/mol. The Labute approximate surface area is 162 Å². The highest BCUT2D eigenvalue weighted by atomic mass is 35.5. The maximum atomic E-state index is 13.7. The summed E-state index contributed by atoms with van der Waals surface area (Å²) in [6, 6.07) is 13.7. The van der Waals surface area contributed by atoms with E-state index in [-0.39, 0.29) is 30.7 Å². The minimum Gasteiger partial charge on any atom is -0.330 e. The predicted octanol–water partition coefficient (Wildman–Crippen LogP) is 2.79. The largest absolute Gasteiger partial charge is 0.330 e. The lowest BCUT2D eigenvalue weighted by molar-refractivity contribution is -0.137. The molecule has 2 aromatic rings. The number of likely N-dealkylation sites (N-methyl/N-ethyl adjacent to an activating group) is 1. The maximum absolute atomic E-state index is 13.7. The van der Waals surface area contributed by atoms with Gasteiger partial charge in [-0.15, -0.1) is 0 Å². The van der Waals surface area contributed by atoms with Gasteiger partial charge < -0.3 is 9.80 Å². The Morgan fingerprint density at radius 2 is 1.85 bits per heavy atom. The molecule has 0 atom stereocenters. The number of anilines is 1. The van der Waals surface area contributed by atoms with Crippen molar-refractivity contribution in [1.29, 1.82) is 0 Å². The van der Waals surface area contributed by atoms with Gasteiger partial charge in [0.1, 0.15) is 12.4 Å². The van der Waals surface area contributed by atoms with E-state index in [0.717, 1.165) is 0 Å². The number of benzene rings is 2. The van der Waals surface area contributed by atoms with Crippen molar-refractivity contribution in [2.45, 2.75) is 6.54 Å². The van der Waals surface area contributed by atoms with Crippen molar-refractivity contribution >= 4 is 29.1 Å². The summed E-state index contributed by atoms with van der Waals surface area (Å²) >= 11 is 6.17. The average Bonchev–Trinajstić information content (AvgIpc) is 2.64. The van der Waals surface area contributed by atoms with Crippen molar-refractivity contribution < 1.29 is 14.0 Å². The van der Waals surface area contributed by atoms with Gasteiger partial charge in [-0.3, -0.25) is 14.5 Å². The minimum absolute atomic E-state index is 0.0115. The van der Waals surface area contributed by atoms with E-state index in [1.807, 2.05) is 12.1 Å². The second kappa shape index (κ2) is 8.50. The van der Waals surface area contributed by atoms with Crippen molar-refractivity contribution in [2.24, 2.45) is 0 Å². The van der Waals surface area contributed by atoms with Crippen LogP contribution in [0.5, 0.6) is 0 Å². The van der Waals surface area contributed by atoms with Crippen molar-refractivity contribution in [3.05, 3.63) is 64.9 Å². The third-order valence-electron chi connectivity index (χ3n) is 4.52. The normalized spacial score (nSPS) is 14.7. The summed E-state index contributed by atoms with van der Waals surface area (Å²) in [5.74, 6) is -0.610. The number of carbonyl (C=O) groups excluding carboxylic acids is 2. The number of piperazine rings is 1. The molecule has 2 aromatic carbocycles. The van der Waals surface area contributed by atoms with Crippen LogP contribution < -0.4 is 4.90 Å². The van der Waals surface area contributed by atoms with Crippen molar-refractivity contribution in [1.82, 2.24) is 9.80 Å². The van der Waals surface area contributed by atoms with Gasteiger partial charge in [0.05, 0.1) is 17.3 Å². The van der Waals surface area contributed by atoms with Crippen LogP contribution in [0.2, 0.25) is 5.02 Å². The number of para-hydroxylation sites is 1. The van der Waals surface area contributed by atoms with E-state index < -0.39 is 0 Å². The molecule has 3 rings (SSSR count). The van der Waals surface area contributed by atoms with E-state index in [1.165, 1.54) is 11.0 Å². The Kier molecular flexibility index (Phi) is 6.08. The van der Waals surface area contributed by atoms with Gasteiger partial charge in [0, 0.05) is 25.2 Å². The highest BCUT2D eigenvalue weighted by Gasteiger charge is 2.29. The molecule has 1 fully saturated rings. The number of rotatable bonds is 5. The summed E-state index contributed by atoms with van der Waals surface area (Å²) in [6.45, 7) is 1.28. The number of hydrogen-bond acceptors (Lipinski definition) is 3. The third-order valence-corrected chi connectivity index (χ3v) is 4.84. The molecule has 0 aliphatic carbocycles. The molecule has 0 spiro atoms. The summed E-state index contributed by atoms with van der Waals surface area (Å²) in [6.07, 6.45) is 0. The van der Waals surface area contributed by atoms with Crippen LogP contribution in [0.1, 0.15) is 5.56 Å². The van der Waals surface area contributed by atoms with E-state index in [4.69, 9.17) is 11.6 Å². The summed E-state index contributed by atoms with van der Waals surface area (Å²) < 4.78 is 13.7. The Balaban J connectivity index is 1.57. The molecular formula is C20H21ClFN3O2. The molecule has 0 saturated carbocycles. The van der Waals surface area contributed by atoms with E-state index in [0.29, 0.717) is 35.9 Å². The molecule has 1 heterocycles. The standard InChI is InChI=1S/C20H21ClFN3O2/c1-23(12-15-6-2-4-8-17(15)22)13-19(26)24-10-11-25(20(27)14-24)18-9-5-3-7-16(18)21/h2-9H,10-14H2,1H3. The molecule has 1 aliphatic rings. The van der Waals surface area contributed by atoms with Gasteiger partial charge in [-0.25, -0.2) is 4.39 Å². The monoisotopic (exact) mass is 389 g/mol. The van der Waals surface area contributed by atoms with Gasteiger partial charge in [0.15, 0.2) is 0 Å². The fourth-order valence-electron chi connectivity index (χ4n) is 3.12. The molecule has 7 heteroatoms. The van der Waals surface area contributed by atoms with E-state index in [2.05, 4.69) is 0 Å². The lowest BCUT2D eigenvalue weighted by Crippen LogP contribution is -2.54. The van der Waals surface area contributed by atoms with E-state index >= 15 is 0 Å². The molecule has 0 aromatic heterocycles. The molecule has 2 amide bonds. The summed E-state index contributed by atoms with van der Waals surface area (Å²) in [4.78, 5) is 29.9. The highest BCUT2D eigenvalue weighted by Crippen LogP contribution is 2.26.